The number of rotatable bonds is 5. The summed E-state index contributed by atoms with van der Waals surface area (Å²) in [5.41, 5.74) is 4.98. The molecule has 1 spiro atoms. The molecule has 1 aromatic carbocycles. The van der Waals surface area contributed by atoms with Crippen LogP contribution in [0.3, 0.4) is 0 Å². The number of anilines is 1. The van der Waals surface area contributed by atoms with E-state index in [0.717, 1.165) is 80.3 Å². The van der Waals surface area contributed by atoms with Crippen molar-refractivity contribution in [1.82, 2.24) is 19.4 Å². The zero-order valence-electron chi connectivity index (χ0n) is 23.2. The first-order valence-corrected chi connectivity index (χ1v) is 14.6. The number of aromatic nitrogens is 3. The molecule has 2 atom stereocenters. The SMILES string of the molecule is C[C@H]1CCN(Cc2cc3ccc(Cn4ccc5c(N6CC7(CCOCC7)C6)cncc5c4=O)cc3[nH]2)[C@@H](C)C1. The van der Waals surface area contributed by atoms with E-state index in [9.17, 15) is 4.79 Å². The van der Waals surface area contributed by atoms with Crippen molar-refractivity contribution in [1.29, 1.82) is 0 Å². The number of piperidine rings is 1. The largest absolute Gasteiger partial charge is 0.381 e. The minimum absolute atomic E-state index is 0.0174. The highest BCUT2D eigenvalue weighted by atomic mass is 16.5. The van der Waals surface area contributed by atoms with Crippen LogP contribution in [-0.4, -0.2) is 58.3 Å². The fourth-order valence-electron chi connectivity index (χ4n) is 7.15. The lowest BCUT2D eigenvalue weighted by Gasteiger charge is -2.53. The van der Waals surface area contributed by atoms with Crippen LogP contribution in [0.4, 0.5) is 5.69 Å². The molecule has 7 heteroatoms. The summed E-state index contributed by atoms with van der Waals surface area (Å²) in [6.07, 6.45) is 10.4. The molecular weight excluding hydrogens is 486 g/mol. The molecule has 0 aliphatic carbocycles. The van der Waals surface area contributed by atoms with Crippen molar-refractivity contribution in [3.63, 3.8) is 0 Å². The molecule has 1 N–H and O–H groups in total. The number of nitrogens with zero attached hydrogens (tertiary/aromatic N) is 4. The Labute approximate surface area is 229 Å². The maximum atomic E-state index is 13.5. The third kappa shape index (κ3) is 4.66. The average Bonchev–Trinajstić information content (AvgIpc) is 3.32. The summed E-state index contributed by atoms with van der Waals surface area (Å²) in [6, 6.07) is 11.5. The van der Waals surface area contributed by atoms with Gasteiger partial charge in [-0.25, -0.2) is 0 Å². The standard InChI is InChI=1S/C32H39N5O2/c1-22-5-9-35(23(2)13-22)19-26-15-25-4-3-24(14-29(25)34-26)18-36-10-6-27-28(31(36)38)16-33-17-30(27)37-20-32(21-37)7-11-39-12-8-32/h3-4,6,10,14-17,22-23,34H,5,7-9,11-13,18-21H2,1-2H3/t22-,23-/m0/s1. The molecule has 6 heterocycles. The van der Waals surface area contributed by atoms with Crippen molar-refractivity contribution in [3.05, 3.63) is 70.5 Å². The van der Waals surface area contributed by atoms with E-state index in [1.165, 1.54) is 23.9 Å². The van der Waals surface area contributed by atoms with Gasteiger partial charge in [0.25, 0.3) is 5.56 Å². The fraction of sp³-hybridized carbons (Fsp3) is 0.500. The number of ether oxygens (including phenoxy) is 1. The van der Waals surface area contributed by atoms with Gasteiger partial charge in [0, 0.05) is 73.3 Å². The Kier molecular flexibility index (Phi) is 6.24. The summed E-state index contributed by atoms with van der Waals surface area (Å²) in [5.74, 6) is 0.822. The van der Waals surface area contributed by atoms with Crippen LogP contribution in [0, 0.1) is 11.3 Å². The van der Waals surface area contributed by atoms with E-state index in [1.54, 1.807) is 6.20 Å². The van der Waals surface area contributed by atoms with Gasteiger partial charge in [0.05, 0.1) is 23.8 Å². The molecule has 3 aromatic heterocycles. The number of pyridine rings is 2. The zero-order chi connectivity index (χ0) is 26.6. The number of aromatic amines is 1. The van der Waals surface area contributed by atoms with E-state index in [4.69, 9.17) is 4.74 Å². The van der Waals surface area contributed by atoms with Crippen molar-refractivity contribution in [2.24, 2.45) is 11.3 Å². The molecule has 3 aliphatic heterocycles. The first-order chi connectivity index (χ1) is 19.0. The highest BCUT2D eigenvalue weighted by Crippen LogP contribution is 2.43. The van der Waals surface area contributed by atoms with Crippen LogP contribution in [0.25, 0.3) is 21.7 Å². The van der Waals surface area contributed by atoms with E-state index in [2.05, 4.69) is 63.9 Å². The van der Waals surface area contributed by atoms with Crippen LogP contribution in [0.2, 0.25) is 0 Å². The summed E-state index contributed by atoms with van der Waals surface area (Å²) in [5, 5.41) is 2.92. The van der Waals surface area contributed by atoms with Gasteiger partial charge in [0.1, 0.15) is 0 Å². The molecule has 7 rings (SSSR count). The Morgan fingerprint density at radius 2 is 1.90 bits per heavy atom. The highest BCUT2D eigenvalue weighted by molar-refractivity contribution is 5.93. The van der Waals surface area contributed by atoms with Crippen molar-refractivity contribution >= 4 is 27.4 Å². The average molecular weight is 526 g/mol. The monoisotopic (exact) mass is 525 g/mol. The quantitative estimate of drug-likeness (QED) is 0.390. The summed E-state index contributed by atoms with van der Waals surface area (Å²) in [6.45, 7) is 11.1. The molecule has 0 unspecified atom stereocenters. The Bertz CT molecular complexity index is 1560. The third-order valence-corrected chi connectivity index (χ3v) is 9.57. The number of H-pyrrole nitrogens is 1. The van der Waals surface area contributed by atoms with Gasteiger partial charge in [-0.15, -0.1) is 0 Å². The van der Waals surface area contributed by atoms with E-state index >= 15 is 0 Å². The van der Waals surface area contributed by atoms with Gasteiger partial charge in [-0.3, -0.25) is 14.7 Å². The molecule has 3 saturated heterocycles. The Morgan fingerprint density at radius 1 is 1.05 bits per heavy atom. The van der Waals surface area contributed by atoms with Gasteiger partial charge in [0.15, 0.2) is 0 Å². The second kappa shape index (κ2) is 9.79. The van der Waals surface area contributed by atoms with Crippen molar-refractivity contribution in [2.75, 3.05) is 37.7 Å². The lowest BCUT2D eigenvalue weighted by atomic mass is 9.73. The molecule has 4 aromatic rings. The van der Waals surface area contributed by atoms with Crippen molar-refractivity contribution < 1.29 is 4.74 Å². The molecule has 3 aliphatic rings. The van der Waals surface area contributed by atoms with Crippen LogP contribution in [0.1, 0.15) is 50.8 Å². The second-order valence-electron chi connectivity index (χ2n) is 12.5. The van der Waals surface area contributed by atoms with Gasteiger partial charge < -0.3 is 19.2 Å². The van der Waals surface area contributed by atoms with Crippen LogP contribution < -0.4 is 10.5 Å². The molecule has 0 radical (unpaired) electrons. The molecule has 0 bridgehead atoms. The van der Waals surface area contributed by atoms with Gasteiger partial charge in [-0.2, -0.15) is 0 Å². The Morgan fingerprint density at radius 3 is 2.72 bits per heavy atom. The second-order valence-corrected chi connectivity index (χ2v) is 12.5. The molecule has 0 amide bonds. The Hall–Kier alpha value is -3.16. The van der Waals surface area contributed by atoms with Crippen LogP contribution in [0.15, 0.2) is 53.7 Å². The predicted molar refractivity (Wildman–Crippen MR) is 156 cm³/mol. The maximum absolute atomic E-state index is 13.5. The number of nitrogens with one attached hydrogen (secondary N) is 1. The topological polar surface area (TPSA) is 66.4 Å². The minimum atomic E-state index is 0.0174. The Balaban J connectivity index is 1.10. The summed E-state index contributed by atoms with van der Waals surface area (Å²) < 4.78 is 7.38. The van der Waals surface area contributed by atoms with Crippen molar-refractivity contribution in [2.45, 2.75) is 58.7 Å². The predicted octanol–water partition coefficient (Wildman–Crippen LogP) is 5.16. The van der Waals surface area contributed by atoms with Crippen molar-refractivity contribution in [3.8, 4) is 0 Å². The lowest BCUT2D eigenvalue weighted by molar-refractivity contribution is -0.000118. The number of hydrogen-bond acceptors (Lipinski definition) is 5. The van der Waals surface area contributed by atoms with Gasteiger partial charge >= 0.3 is 0 Å². The fourth-order valence-corrected chi connectivity index (χ4v) is 7.15. The summed E-state index contributed by atoms with van der Waals surface area (Å²) >= 11 is 0. The van der Waals surface area contributed by atoms with E-state index in [-0.39, 0.29) is 5.56 Å². The smallest absolute Gasteiger partial charge is 0.260 e. The van der Waals surface area contributed by atoms with Crippen LogP contribution in [0.5, 0.6) is 0 Å². The van der Waals surface area contributed by atoms with E-state index in [1.807, 2.05) is 17.0 Å². The summed E-state index contributed by atoms with van der Waals surface area (Å²) in [7, 11) is 0. The normalized spacial score (nSPS) is 23.5. The molecule has 204 valence electrons. The molecular formula is C32H39N5O2. The molecule has 3 fully saturated rings. The van der Waals surface area contributed by atoms with Gasteiger partial charge in [-0.1, -0.05) is 19.1 Å². The first kappa shape index (κ1) is 24.9. The third-order valence-electron chi connectivity index (χ3n) is 9.57. The van der Waals surface area contributed by atoms with Crippen LogP contribution >= 0.6 is 0 Å². The van der Waals surface area contributed by atoms with Gasteiger partial charge in [0.2, 0.25) is 0 Å². The highest BCUT2D eigenvalue weighted by Gasteiger charge is 2.44. The number of fused-ring (bicyclic) bond motifs is 2. The molecule has 7 nitrogen and oxygen atoms in total. The number of hydrogen-bond donors (Lipinski definition) is 1. The number of benzene rings is 1. The van der Waals surface area contributed by atoms with E-state index in [0.29, 0.717) is 23.4 Å². The summed E-state index contributed by atoms with van der Waals surface area (Å²) in [4.78, 5) is 26.6. The van der Waals surface area contributed by atoms with E-state index < -0.39 is 0 Å². The first-order valence-electron chi connectivity index (χ1n) is 14.6. The molecule has 39 heavy (non-hydrogen) atoms. The molecule has 0 saturated carbocycles. The number of likely N-dealkylation sites (tertiary alicyclic amines) is 1. The maximum Gasteiger partial charge on any atom is 0.260 e. The lowest BCUT2D eigenvalue weighted by Crippen LogP contribution is -2.58. The minimum Gasteiger partial charge on any atom is -0.381 e. The zero-order valence-corrected chi connectivity index (χ0v) is 23.2. The van der Waals surface area contributed by atoms with Gasteiger partial charge in [-0.05, 0) is 74.2 Å². The van der Waals surface area contributed by atoms with Crippen LogP contribution in [-0.2, 0) is 17.8 Å².